The van der Waals surface area contributed by atoms with Crippen LogP contribution in [0, 0.1) is 0 Å². The van der Waals surface area contributed by atoms with Gasteiger partial charge in [0.25, 0.3) is 0 Å². The molecule has 0 radical (unpaired) electrons. The first-order valence-electron chi connectivity index (χ1n) is 5.16. The first-order valence-corrected chi connectivity index (χ1v) is 7.97. The van der Waals surface area contributed by atoms with Gasteiger partial charge in [0, 0.05) is 0 Å². The zero-order valence-electron chi connectivity index (χ0n) is 8.94. The molecular weight excluding hydrogens is 304 g/mol. The number of carbonyl (C=O) groups is 1. The van der Waals surface area contributed by atoms with Crippen molar-refractivity contribution in [2.45, 2.75) is 24.2 Å². The molecule has 82 valence electrons. The van der Waals surface area contributed by atoms with Gasteiger partial charge in [-0.25, -0.2) is 0 Å². The molecule has 0 fully saturated rings. The van der Waals surface area contributed by atoms with E-state index < -0.39 is 0 Å². The molecule has 0 spiro atoms. The van der Waals surface area contributed by atoms with Gasteiger partial charge in [-0.1, -0.05) is 0 Å². The SMILES string of the molecule is CCOC(=O)CCC[Te]c1ccccc1. The van der Waals surface area contributed by atoms with E-state index in [1.54, 1.807) is 0 Å². The van der Waals surface area contributed by atoms with Crippen molar-refractivity contribution >= 4 is 30.5 Å². The van der Waals surface area contributed by atoms with Gasteiger partial charge in [0.15, 0.2) is 0 Å². The summed E-state index contributed by atoms with van der Waals surface area (Å²) in [5.41, 5.74) is 0. The molecule has 0 aliphatic carbocycles. The average Bonchev–Trinajstić information content (AvgIpc) is 2.26. The molecule has 1 aromatic carbocycles. The Kier molecular flexibility index (Phi) is 6.47. The summed E-state index contributed by atoms with van der Waals surface area (Å²) in [6, 6.07) is 10.5. The molecule has 0 atom stereocenters. The first-order chi connectivity index (χ1) is 7.33. The molecule has 1 aromatic rings. The molecule has 0 bridgehead atoms. The zero-order chi connectivity index (χ0) is 10.9. The number of hydrogen-bond acceptors (Lipinski definition) is 2. The van der Waals surface area contributed by atoms with Crippen LogP contribution < -0.4 is 3.61 Å². The second kappa shape index (κ2) is 7.73. The van der Waals surface area contributed by atoms with Crippen LogP contribution in [0.5, 0.6) is 0 Å². The summed E-state index contributed by atoms with van der Waals surface area (Å²) in [6.07, 6.45) is 1.54. The van der Waals surface area contributed by atoms with E-state index >= 15 is 0 Å². The normalized spacial score (nSPS) is 9.93. The minimum absolute atomic E-state index is 0.0574. The summed E-state index contributed by atoms with van der Waals surface area (Å²) in [5.74, 6) is -0.0574. The van der Waals surface area contributed by atoms with E-state index in [1.165, 1.54) is 8.08 Å². The first kappa shape index (κ1) is 12.5. The Hall–Kier alpha value is -0.520. The van der Waals surface area contributed by atoms with Crippen molar-refractivity contribution in [3.8, 4) is 0 Å². The van der Waals surface area contributed by atoms with Crippen molar-refractivity contribution in [2.24, 2.45) is 0 Å². The van der Waals surface area contributed by atoms with Gasteiger partial charge >= 0.3 is 101 Å². The topological polar surface area (TPSA) is 26.3 Å². The van der Waals surface area contributed by atoms with Crippen molar-refractivity contribution < 1.29 is 9.53 Å². The van der Waals surface area contributed by atoms with Crippen molar-refractivity contribution in [1.29, 1.82) is 0 Å². The fourth-order valence-electron chi connectivity index (χ4n) is 1.16. The molecular formula is C12H16O2Te. The Morgan fingerprint density at radius 3 is 2.73 bits per heavy atom. The van der Waals surface area contributed by atoms with Crippen molar-refractivity contribution in [3.05, 3.63) is 30.3 Å². The fourth-order valence-corrected chi connectivity index (χ4v) is 3.65. The van der Waals surface area contributed by atoms with E-state index in [9.17, 15) is 4.79 Å². The summed E-state index contributed by atoms with van der Waals surface area (Å²) in [7, 11) is 0. The summed E-state index contributed by atoms with van der Waals surface area (Å²) in [5, 5.41) is 0. The number of ether oxygens (including phenoxy) is 1. The molecule has 0 N–H and O–H groups in total. The van der Waals surface area contributed by atoms with E-state index in [2.05, 4.69) is 24.3 Å². The van der Waals surface area contributed by atoms with Gasteiger partial charge in [-0.05, 0) is 0 Å². The van der Waals surface area contributed by atoms with Crippen LogP contribution in [0.15, 0.2) is 30.3 Å². The van der Waals surface area contributed by atoms with Crippen LogP contribution in [0.1, 0.15) is 19.8 Å². The number of hydrogen-bond donors (Lipinski definition) is 0. The Morgan fingerprint density at radius 2 is 2.07 bits per heavy atom. The van der Waals surface area contributed by atoms with E-state index in [0.29, 0.717) is 13.0 Å². The Balaban J connectivity index is 2.10. The van der Waals surface area contributed by atoms with Crippen LogP contribution in [-0.4, -0.2) is 33.5 Å². The third-order valence-electron chi connectivity index (χ3n) is 1.84. The van der Waals surface area contributed by atoms with Gasteiger partial charge in [0.2, 0.25) is 0 Å². The standard InChI is InChI=1S/C12H16O2Te/c1-2-14-12(13)9-6-10-15-11-7-4-3-5-8-11/h3-5,7-8H,2,6,9-10H2,1H3. The van der Waals surface area contributed by atoms with Gasteiger partial charge in [-0.3, -0.25) is 0 Å². The van der Waals surface area contributed by atoms with Gasteiger partial charge in [-0.2, -0.15) is 0 Å². The molecule has 0 unspecified atom stereocenters. The second-order valence-electron chi connectivity index (χ2n) is 3.07. The Morgan fingerprint density at radius 1 is 1.33 bits per heavy atom. The van der Waals surface area contributed by atoms with E-state index in [-0.39, 0.29) is 26.9 Å². The number of esters is 1. The molecule has 0 saturated heterocycles. The maximum absolute atomic E-state index is 11.0. The van der Waals surface area contributed by atoms with Gasteiger partial charge in [0.1, 0.15) is 0 Å². The van der Waals surface area contributed by atoms with Crippen LogP contribution in [0.4, 0.5) is 0 Å². The minimum atomic E-state index is -0.0981. The molecule has 0 aliphatic heterocycles. The van der Waals surface area contributed by atoms with Crippen LogP contribution in [-0.2, 0) is 9.53 Å². The predicted octanol–water partition coefficient (Wildman–Crippen LogP) is 1.78. The molecule has 15 heavy (non-hydrogen) atoms. The third kappa shape index (κ3) is 5.81. The quantitative estimate of drug-likeness (QED) is 0.454. The maximum atomic E-state index is 11.0. The second-order valence-corrected chi connectivity index (χ2v) is 6.40. The molecule has 0 amide bonds. The van der Waals surface area contributed by atoms with E-state index in [1.807, 2.05) is 13.0 Å². The van der Waals surface area contributed by atoms with Gasteiger partial charge < -0.3 is 0 Å². The van der Waals surface area contributed by atoms with E-state index in [0.717, 1.165) is 6.42 Å². The Labute approximate surface area is 101 Å². The summed E-state index contributed by atoms with van der Waals surface area (Å²) in [4.78, 5) is 11.0. The molecule has 1 rings (SSSR count). The Bertz CT molecular complexity index is 285. The molecule has 0 aliphatic rings. The van der Waals surface area contributed by atoms with Crippen molar-refractivity contribution in [2.75, 3.05) is 6.61 Å². The summed E-state index contributed by atoms with van der Waals surface area (Å²) in [6.45, 7) is 2.34. The van der Waals surface area contributed by atoms with Crippen LogP contribution >= 0.6 is 0 Å². The monoisotopic (exact) mass is 322 g/mol. The fraction of sp³-hybridized carbons (Fsp3) is 0.417. The molecule has 2 nitrogen and oxygen atoms in total. The average molecular weight is 320 g/mol. The third-order valence-corrected chi connectivity index (χ3v) is 4.98. The van der Waals surface area contributed by atoms with Gasteiger partial charge in [0.05, 0.1) is 0 Å². The molecule has 3 heteroatoms. The number of rotatable bonds is 6. The zero-order valence-corrected chi connectivity index (χ0v) is 11.3. The van der Waals surface area contributed by atoms with Gasteiger partial charge in [-0.15, -0.1) is 0 Å². The van der Waals surface area contributed by atoms with Crippen LogP contribution in [0.3, 0.4) is 0 Å². The molecule has 0 aromatic heterocycles. The number of carbonyl (C=O) groups excluding carboxylic acids is 1. The van der Waals surface area contributed by atoms with Crippen molar-refractivity contribution in [1.82, 2.24) is 0 Å². The molecule has 0 heterocycles. The van der Waals surface area contributed by atoms with Crippen molar-refractivity contribution in [3.63, 3.8) is 0 Å². The molecule has 0 saturated carbocycles. The predicted molar refractivity (Wildman–Crippen MR) is 62.5 cm³/mol. The number of benzene rings is 1. The van der Waals surface area contributed by atoms with Crippen LogP contribution in [0.2, 0.25) is 4.47 Å². The summed E-state index contributed by atoms with van der Waals surface area (Å²) >= 11 is -0.0981. The van der Waals surface area contributed by atoms with E-state index in [4.69, 9.17) is 4.74 Å². The van der Waals surface area contributed by atoms with Crippen LogP contribution in [0.25, 0.3) is 0 Å². The summed E-state index contributed by atoms with van der Waals surface area (Å²) < 4.78 is 7.51.